The van der Waals surface area contributed by atoms with Crippen LogP contribution in [0.15, 0.2) is 17.5 Å². The van der Waals surface area contributed by atoms with Gasteiger partial charge in [0, 0.05) is 30.3 Å². The van der Waals surface area contributed by atoms with Gasteiger partial charge in [0.2, 0.25) is 5.91 Å². The van der Waals surface area contributed by atoms with Gasteiger partial charge in [-0.2, -0.15) is 0 Å². The monoisotopic (exact) mass is 295 g/mol. The number of hydrogen-bond acceptors (Lipinski definition) is 3. The zero-order valence-corrected chi connectivity index (χ0v) is 12.4. The van der Waals surface area contributed by atoms with Crippen LogP contribution >= 0.6 is 11.3 Å². The molecule has 1 fully saturated rings. The Kier molecular flexibility index (Phi) is 5.59. The van der Waals surface area contributed by atoms with Crippen LogP contribution < -0.4 is 0 Å². The smallest absolute Gasteiger partial charge is 0.304 e. The summed E-state index contributed by atoms with van der Waals surface area (Å²) in [5, 5.41) is 11.0. The number of nitrogens with zero attached hydrogens (tertiary/aromatic N) is 1. The van der Waals surface area contributed by atoms with Crippen LogP contribution in [0.1, 0.15) is 49.3 Å². The Morgan fingerprint density at radius 3 is 2.45 bits per heavy atom. The van der Waals surface area contributed by atoms with Gasteiger partial charge < -0.3 is 10.0 Å². The van der Waals surface area contributed by atoms with Crippen molar-refractivity contribution >= 4 is 23.2 Å². The van der Waals surface area contributed by atoms with Gasteiger partial charge in [-0.15, -0.1) is 11.3 Å². The minimum atomic E-state index is -0.841. The second-order valence-electron chi connectivity index (χ2n) is 5.31. The molecule has 5 heteroatoms. The molecule has 0 radical (unpaired) electrons. The van der Waals surface area contributed by atoms with Crippen molar-refractivity contribution in [3.63, 3.8) is 0 Å². The van der Waals surface area contributed by atoms with E-state index in [-0.39, 0.29) is 18.2 Å². The molecular weight excluding hydrogens is 274 g/mol. The predicted octanol–water partition coefficient (Wildman–Crippen LogP) is 3.10. The van der Waals surface area contributed by atoms with E-state index >= 15 is 0 Å². The van der Waals surface area contributed by atoms with E-state index in [0.717, 1.165) is 30.8 Å². The van der Waals surface area contributed by atoms with Gasteiger partial charge in [-0.25, -0.2) is 0 Å². The Morgan fingerprint density at radius 2 is 1.90 bits per heavy atom. The quantitative estimate of drug-likeness (QED) is 0.908. The molecule has 20 heavy (non-hydrogen) atoms. The van der Waals surface area contributed by atoms with E-state index in [2.05, 4.69) is 0 Å². The van der Waals surface area contributed by atoms with Crippen LogP contribution in [0.4, 0.5) is 0 Å². The lowest BCUT2D eigenvalue weighted by Crippen LogP contribution is -2.33. The summed E-state index contributed by atoms with van der Waals surface area (Å²) in [6.07, 6.45) is 4.84. The Bertz CT molecular complexity index is 436. The molecule has 110 valence electrons. The molecule has 1 saturated heterocycles. The lowest BCUT2D eigenvalue weighted by atomic mass is 9.98. The highest BCUT2D eigenvalue weighted by Crippen LogP contribution is 2.28. The molecule has 1 amide bonds. The first-order chi connectivity index (χ1) is 9.66. The van der Waals surface area contributed by atoms with E-state index in [9.17, 15) is 9.59 Å². The SMILES string of the molecule is O=C(O)CC(CC(=O)N1CCCCCC1)c1cccs1. The normalized spacial score (nSPS) is 17.5. The number of thiophene rings is 1. The molecule has 0 spiro atoms. The Hall–Kier alpha value is -1.36. The minimum Gasteiger partial charge on any atom is -0.481 e. The number of hydrogen-bond donors (Lipinski definition) is 1. The Morgan fingerprint density at radius 1 is 1.20 bits per heavy atom. The summed E-state index contributed by atoms with van der Waals surface area (Å²) in [6.45, 7) is 1.64. The van der Waals surface area contributed by atoms with Gasteiger partial charge in [-0.05, 0) is 24.3 Å². The number of carboxylic acid groups (broad SMARTS) is 1. The molecule has 1 atom stereocenters. The average Bonchev–Trinajstić information content (AvgIpc) is 2.79. The molecule has 1 aliphatic rings. The number of carbonyl (C=O) groups is 2. The Labute approximate surface area is 123 Å². The predicted molar refractivity (Wildman–Crippen MR) is 79.0 cm³/mol. The molecule has 2 rings (SSSR count). The van der Waals surface area contributed by atoms with Crippen LogP contribution in [-0.4, -0.2) is 35.0 Å². The van der Waals surface area contributed by atoms with E-state index in [1.165, 1.54) is 24.2 Å². The first-order valence-corrected chi connectivity index (χ1v) is 8.08. The first-order valence-electron chi connectivity index (χ1n) is 7.20. The third-order valence-electron chi connectivity index (χ3n) is 3.75. The van der Waals surface area contributed by atoms with Crippen molar-refractivity contribution in [2.45, 2.75) is 44.4 Å². The number of likely N-dealkylation sites (tertiary alicyclic amines) is 1. The van der Waals surface area contributed by atoms with Gasteiger partial charge in [-0.3, -0.25) is 9.59 Å². The number of carboxylic acids is 1. The molecule has 0 saturated carbocycles. The van der Waals surface area contributed by atoms with Gasteiger partial charge in [-0.1, -0.05) is 18.9 Å². The maximum absolute atomic E-state index is 12.4. The summed E-state index contributed by atoms with van der Waals surface area (Å²) in [5.41, 5.74) is 0. The molecule has 1 aromatic heterocycles. The molecular formula is C15H21NO3S. The molecule has 0 bridgehead atoms. The molecule has 0 aromatic carbocycles. The maximum Gasteiger partial charge on any atom is 0.304 e. The van der Waals surface area contributed by atoms with Gasteiger partial charge in [0.15, 0.2) is 0 Å². The second-order valence-corrected chi connectivity index (χ2v) is 6.29. The Balaban J connectivity index is 1.99. The van der Waals surface area contributed by atoms with E-state index in [0.29, 0.717) is 6.42 Å². The highest BCUT2D eigenvalue weighted by Gasteiger charge is 2.23. The summed E-state index contributed by atoms with van der Waals surface area (Å²) in [5.74, 6) is -0.929. The van der Waals surface area contributed by atoms with Crippen LogP contribution in [0.2, 0.25) is 0 Å². The molecule has 2 heterocycles. The van der Waals surface area contributed by atoms with E-state index in [4.69, 9.17) is 5.11 Å². The van der Waals surface area contributed by atoms with Gasteiger partial charge in [0.05, 0.1) is 6.42 Å². The van der Waals surface area contributed by atoms with Crippen molar-refractivity contribution in [1.82, 2.24) is 4.90 Å². The largest absolute Gasteiger partial charge is 0.481 e. The number of aliphatic carboxylic acids is 1. The van der Waals surface area contributed by atoms with Gasteiger partial charge in [0.1, 0.15) is 0 Å². The number of amides is 1. The third-order valence-corrected chi connectivity index (χ3v) is 4.78. The average molecular weight is 295 g/mol. The lowest BCUT2D eigenvalue weighted by molar-refractivity contribution is -0.137. The van der Waals surface area contributed by atoms with E-state index in [1.807, 2.05) is 22.4 Å². The van der Waals surface area contributed by atoms with Crippen LogP contribution in [0.25, 0.3) is 0 Å². The molecule has 1 aliphatic heterocycles. The fraction of sp³-hybridized carbons (Fsp3) is 0.600. The van der Waals surface area contributed by atoms with Crippen molar-refractivity contribution in [3.8, 4) is 0 Å². The topological polar surface area (TPSA) is 57.6 Å². The first kappa shape index (κ1) is 15.0. The van der Waals surface area contributed by atoms with Crippen molar-refractivity contribution in [1.29, 1.82) is 0 Å². The standard InChI is InChI=1S/C15H21NO3S/c17-14(16-7-3-1-2-4-8-16)10-12(11-15(18)19)13-6-5-9-20-13/h5-6,9,12H,1-4,7-8,10-11H2,(H,18,19). The van der Waals surface area contributed by atoms with E-state index in [1.54, 1.807) is 0 Å². The summed E-state index contributed by atoms with van der Waals surface area (Å²) in [6, 6.07) is 3.83. The van der Waals surface area contributed by atoms with Crippen LogP contribution in [-0.2, 0) is 9.59 Å². The molecule has 1 aromatic rings. The highest BCUT2D eigenvalue weighted by atomic mass is 32.1. The molecule has 0 aliphatic carbocycles. The number of rotatable bonds is 5. The fourth-order valence-electron chi connectivity index (χ4n) is 2.67. The molecule has 1 unspecified atom stereocenters. The summed E-state index contributed by atoms with van der Waals surface area (Å²) in [7, 11) is 0. The van der Waals surface area contributed by atoms with E-state index < -0.39 is 5.97 Å². The van der Waals surface area contributed by atoms with Gasteiger partial charge in [0.25, 0.3) is 0 Å². The van der Waals surface area contributed by atoms with Gasteiger partial charge >= 0.3 is 5.97 Å². The lowest BCUT2D eigenvalue weighted by Gasteiger charge is -2.22. The molecule has 4 nitrogen and oxygen atoms in total. The maximum atomic E-state index is 12.4. The highest BCUT2D eigenvalue weighted by molar-refractivity contribution is 7.10. The zero-order chi connectivity index (χ0) is 14.4. The summed E-state index contributed by atoms with van der Waals surface area (Å²) in [4.78, 5) is 26.3. The van der Waals surface area contributed by atoms with Crippen LogP contribution in [0.3, 0.4) is 0 Å². The van der Waals surface area contributed by atoms with Crippen molar-refractivity contribution < 1.29 is 14.7 Å². The number of carbonyl (C=O) groups excluding carboxylic acids is 1. The summed E-state index contributed by atoms with van der Waals surface area (Å²) < 4.78 is 0. The van der Waals surface area contributed by atoms with Crippen molar-refractivity contribution in [2.75, 3.05) is 13.1 Å². The minimum absolute atomic E-state index is 0.0279. The van der Waals surface area contributed by atoms with Crippen molar-refractivity contribution in [2.24, 2.45) is 0 Å². The summed E-state index contributed by atoms with van der Waals surface area (Å²) >= 11 is 1.53. The van der Waals surface area contributed by atoms with Crippen LogP contribution in [0, 0.1) is 0 Å². The van der Waals surface area contributed by atoms with Crippen molar-refractivity contribution in [3.05, 3.63) is 22.4 Å². The third kappa shape index (κ3) is 4.34. The fourth-order valence-corrected chi connectivity index (χ4v) is 3.50. The molecule has 1 N–H and O–H groups in total. The zero-order valence-electron chi connectivity index (χ0n) is 11.6. The second kappa shape index (κ2) is 7.43. The van der Waals surface area contributed by atoms with Crippen LogP contribution in [0.5, 0.6) is 0 Å².